The van der Waals surface area contributed by atoms with Crippen LogP contribution < -0.4 is 5.32 Å². The number of urea groups is 1. The molecule has 1 aromatic heterocycles. The molecule has 0 radical (unpaired) electrons. The van der Waals surface area contributed by atoms with E-state index >= 15 is 0 Å². The minimum absolute atomic E-state index is 0.00372. The van der Waals surface area contributed by atoms with Crippen molar-refractivity contribution in [2.75, 3.05) is 32.7 Å². The van der Waals surface area contributed by atoms with Crippen LogP contribution in [-0.4, -0.2) is 70.3 Å². The molecule has 4 amide bonds. The van der Waals surface area contributed by atoms with Gasteiger partial charge in [0.05, 0.1) is 29.3 Å². The fourth-order valence-electron chi connectivity index (χ4n) is 4.36. The van der Waals surface area contributed by atoms with Crippen LogP contribution in [0.15, 0.2) is 48.5 Å². The Balaban J connectivity index is 1.25. The van der Waals surface area contributed by atoms with Crippen LogP contribution in [-0.2, 0) is 11.3 Å². The zero-order valence-electron chi connectivity index (χ0n) is 18.4. The van der Waals surface area contributed by atoms with Gasteiger partial charge in [-0.3, -0.25) is 19.4 Å². The minimum atomic E-state index is -0.417. The van der Waals surface area contributed by atoms with Gasteiger partial charge in [-0.2, -0.15) is 0 Å². The molecule has 9 heteroatoms. The lowest BCUT2D eigenvalue weighted by Crippen LogP contribution is -2.49. The lowest BCUT2D eigenvalue weighted by Gasteiger charge is -2.37. The molecule has 2 aromatic carbocycles. The van der Waals surface area contributed by atoms with Gasteiger partial charge < -0.3 is 10.2 Å². The molecule has 1 N–H and O–H groups in total. The van der Waals surface area contributed by atoms with Crippen LogP contribution in [0.3, 0.4) is 0 Å². The summed E-state index contributed by atoms with van der Waals surface area (Å²) in [6, 6.07) is 15.1. The van der Waals surface area contributed by atoms with Crippen LogP contribution in [0.4, 0.5) is 4.79 Å². The molecule has 170 valence electrons. The minimum Gasteiger partial charge on any atom is -0.336 e. The molecular formula is C24H25N5O3S. The van der Waals surface area contributed by atoms with E-state index in [2.05, 4.69) is 23.2 Å². The van der Waals surface area contributed by atoms with Crippen molar-refractivity contribution >= 4 is 39.4 Å². The van der Waals surface area contributed by atoms with E-state index in [9.17, 15) is 14.4 Å². The molecule has 1 atom stereocenters. The average Bonchev–Trinajstić information content (AvgIpc) is 3.42. The van der Waals surface area contributed by atoms with Crippen molar-refractivity contribution in [3.63, 3.8) is 0 Å². The number of fused-ring (bicyclic) bond motifs is 1. The summed E-state index contributed by atoms with van der Waals surface area (Å²) in [5.41, 5.74) is 2.25. The molecule has 33 heavy (non-hydrogen) atoms. The number of aromatic nitrogens is 1. The second-order valence-corrected chi connectivity index (χ2v) is 9.38. The van der Waals surface area contributed by atoms with E-state index in [1.807, 2.05) is 35.2 Å². The predicted molar refractivity (Wildman–Crippen MR) is 126 cm³/mol. The van der Waals surface area contributed by atoms with E-state index in [0.717, 1.165) is 28.5 Å². The third-order valence-corrected chi connectivity index (χ3v) is 7.54. The maximum Gasteiger partial charge on any atom is 0.324 e. The smallest absolute Gasteiger partial charge is 0.324 e. The van der Waals surface area contributed by atoms with Gasteiger partial charge in [-0.25, -0.2) is 9.78 Å². The van der Waals surface area contributed by atoms with E-state index in [1.54, 1.807) is 23.5 Å². The summed E-state index contributed by atoms with van der Waals surface area (Å²) in [5.74, 6) is -0.343. The number of nitrogens with one attached hydrogen (secondary N) is 1. The Morgan fingerprint density at radius 3 is 2.52 bits per heavy atom. The Hall–Kier alpha value is -3.30. The summed E-state index contributed by atoms with van der Waals surface area (Å²) in [6.45, 7) is 5.03. The van der Waals surface area contributed by atoms with Gasteiger partial charge in [0, 0.05) is 31.7 Å². The third kappa shape index (κ3) is 4.21. The maximum atomic E-state index is 13.3. The van der Waals surface area contributed by atoms with Crippen molar-refractivity contribution in [1.82, 2.24) is 25.0 Å². The lowest BCUT2D eigenvalue weighted by molar-refractivity contribution is -0.125. The normalized spacial score (nSPS) is 18.1. The first kappa shape index (κ1) is 21.5. The number of rotatable bonds is 5. The van der Waals surface area contributed by atoms with Crippen molar-refractivity contribution in [3.8, 4) is 0 Å². The molecule has 5 rings (SSSR count). The highest BCUT2D eigenvalue weighted by Crippen LogP contribution is 2.30. The lowest BCUT2D eigenvalue weighted by atomic mass is 10.0. The van der Waals surface area contributed by atoms with Crippen molar-refractivity contribution in [2.45, 2.75) is 19.5 Å². The van der Waals surface area contributed by atoms with Crippen molar-refractivity contribution in [3.05, 3.63) is 64.7 Å². The Morgan fingerprint density at radius 1 is 1.06 bits per heavy atom. The molecule has 3 heterocycles. The van der Waals surface area contributed by atoms with Crippen LogP contribution in [0.2, 0.25) is 0 Å². The number of thiazole rings is 1. The first-order chi connectivity index (χ1) is 16.0. The Morgan fingerprint density at radius 2 is 1.79 bits per heavy atom. The highest BCUT2D eigenvalue weighted by molar-refractivity contribution is 7.18. The summed E-state index contributed by atoms with van der Waals surface area (Å²) >= 11 is 1.72. The Labute approximate surface area is 195 Å². The fraction of sp³-hybridized carbons (Fsp3) is 0.333. The van der Waals surface area contributed by atoms with Gasteiger partial charge in [0.2, 0.25) is 5.91 Å². The Bertz CT molecular complexity index is 1170. The van der Waals surface area contributed by atoms with Gasteiger partial charge in [-0.15, -0.1) is 11.3 Å². The van der Waals surface area contributed by atoms with E-state index in [4.69, 9.17) is 4.98 Å². The van der Waals surface area contributed by atoms with Crippen molar-refractivity contribution in [2.24, 2.45) is 0 Å². The van der Waals surface area contributed by atoms with Crippen LogP contribution in [0.1, 0.15) is 33.9 Å². The molecule has 0 spiro atoms. The fourth-order valence-corrected chi connectivity index (χ4v) is 5.41. The second kappa shape index (κ2) is 8.92. The largest absolute Gasteiger partial charge is 0.336 e. The first-order valence-corrected chi connectivity index (χ1v) is 11.9. The topological polar surface area (TPSA) is 85.8 Å². The number of para-hydroxylation sites is 1. The molecule has 2 fully saturated rings. The number of amides is 4. The summed E-state index contributed by atoms with van der Waals surface area (Å²) in [7, 11) is 0. The van der Waals surface area contributed by atoms with E-state index in [0.29, 0.717) is 24.2 Å². The van der Waals surface area contributed by atoms with Crippen LogP contribution in [0, 0.1) is 0 Å². The molecule has 0 aliphatic carbocycles. The quantitative estimate of drug-likeness (QED) is 0.588. The number of hydrogen-bond donors (Lipinski definition) is 1. The standard InChI is InChI=1S/C24H25N5O3S/c1-16(22-26-19-8-4-5-9-20(19)33-22)27-10-12-28(13-11-27)23(31)18-7-3-2-6-17(18)15-29-21(30)14-25-24(29)32/h2-9,16H,10-15H2,1H3,(H,25,32)/t16-/m0/s1. The van der Waals surface area contributed by atoms with E-state index in [-0.39, 0.29) is 30.9 Å². The maximum absolute atomic E-state index is 13.3. The number of nitrogens with zero attached hydrogens (tertiary/aromatic N) is 4. The van der Waals surface area contributed by atoms with E-state index < -0.39 is 6.03 Å². The third-order valence-electron chi connectivity index (χ3n) is 6.33. The summed E-state index contributed by atoms with van der Waals surface area (Å²) < 4.78 is 1.19. The van der Waals surface area contributed by atoms with Gasteiger partial charge in [-0.1, -0.05) is 30.3 Å². The summed E-state index contributed by atoms with van der Waals surface area (Å²) in [6.07, 6.45) is 0. The predicted octanol–water partition coefficient (Wildman–Crippen LogP) is 2.87. The zero-order valence-corrected chi connectivity index (χ0v) is 19.2. The van der Waals surface area contributed by atoms with Crippen molar-refractivity contribution in [1.29, 1.82) is 0 Å². The number of hydrogen-bond acceptors (Lipinski definition) is 6. The van der Waals surface area contributed by atoms with Gasteiger partial charge in [0.25, 0.3) is 5.91 Å². The highest BCUT2D eigenvalue weighted by Gasteiger charge is 2.31. The van der Waals surface area contributed by atoms with Gasteiger partial charge in [0.1, 0.15) is 5.01 Å². The monoisotopic (exact) mass is 463 g/mol. The van der Waals surface area contributed by atoms with Crippen LogP contribution in [0.5, 0.6) is 0 Å². The van der Waals surface area contributed by atoms with Crippen LogP contribution in [0.25, 0.3) is 10.2 Å². The van der Waals surface area contributed by atoms with Gasteiger partial charge in [0.15, 0.2) is 0 Å². The average molecular weight is 464 g/mol. The number of imide groups is 1. The van der Waals surface area contributed by atoms with Gasteiger partial charge >= 0.3 is 6.03 Å². The number of carbonyl (C=O) groups excluding carboxylic acids is 3. The molecule has 0 unspecified atom stereocenters. The molecule has 0 bridgehead atoms. The molecular weight excluding hydrogens is 438 g/mol. The number of carbonyl (C=O) groups is 3. The van der Waals surface area contributed by atoms with Crippen LogP contribution >= 0.6 is 11.3 Å². The summed E-state index contributed by atoms with van der Waals surface area (Å²) in [4.78, 5) is 47.4. The molecule has 8 nitrogen and oxygen atoms in total. The number of benzene rings is 2. The first-order valence-electron chi connectivity index (χ1n) is 11.1. The molecule has 2 aliphatic rings. The summed E-state index contributed by atoms with van der Waals surface area (Å²) in [5, 5.41) is 3.61. The Kier molecular flexibility index (Phi) is 5.82. The van der Waals surface area contributed by atoms with Crippen molar-refractivity contribution < 1.29 is 14.4 Å². The SMILES string of the molecule is C[C@@H](c1nc2ccccc2s1)N1CCN(C(=O)c2ccccc2CN2C(=O)CNC2=O)CC1. The van der Waals surface area contributed by atoms with E-state index in [1.165, 1.54) is 4.70 Å². The highest BCUT2D eigenvalue weighted by atomic mass is 32.1. The molecule has 3 aromatic rings. The molecule has 2 saturated heterocycles. The zero-order chi connectivity index (χ0) is 22.9. The molecule has 0 saturated carbocycles. The second-order valence-electron chi connectivity index (χ2n) is 8.32. The molecule has 2 aliphatic heterocycles. The van der Waals surface area contributed by atoms with Gasteiger partial charge in [-0.05, 0) is 30.7 Å². The number of piperazine rings is 1.